The lowest BCUT2D eigenvalue weighted by Gasteiger charge is -2.30. The predicted molar refractivity (Wildman–Crippen MR) is 74.9 cm³/mol. The zero-order chi connectivity index (χ0) is 13.0. The van der Waals surface area contributed by atoms with E-state index in [9.17, 15) is 0 Å². The van der Waals surface area contributed by atoms with Crippen LogP contribution in [0.5, 0.6) is 5.75 Å². The van der Waals surface area contributed by atoms with E-state index in [4.69, 9.17) is 10.5 Å². The van der Waals surface area contributed by atoms with Crippen LogP contribution in [0.3, 0.4) is 0 Å². The Bertz CT molecular complexity index is 390. The summed E-state index contributed by atoms with van der Waals surface area (Å²) in [5, 5.41) is 3.63. The lowest BCUT2D eigenvalue weighted by Crippen LogP contribution is -2.51. The van der Waals surface area contributed by atoms with Crippen molar-refractivity contribution in [3.63, 3.8) is 0 Å². The number of nitrogens with one attached hydrogen (secondary N) is 1. The summed E-state index contributed by atoms with van der Waals surface area (Å²) in [5.41, 5.74) is 7.12. The Balaban J connectivity index is 2.02. The van der Waals surface area contributed by atoms with Gasteiger partial charge in [-0.2, -0.15) is 0 Å². The molecule has 1 aliphatic carbocycles. The molecule has 0 aromatic heterocycles. The summed E-state index contributed by atoms with van der Waals surface area (Å²) < 4.78 is 5.41. The van der Waals surface area contributed by atoms with Gasteiger partial charge in [0.2, 0.25) is 0 Å². The number of nitrogens with two attached hydrogens (primary N) is 1. The van der Waals surface area contributed by atoms with Gasteiger partial charge in [0.1, 0.15) is 5.75 Å². The molecule has 0 bridgehead atoms. The lowest BCUT2D eigenvalue weighted by atomic mass is 9.92. The molecule has 18 heavy (non-hydrogen) atoms. The smallest absolute Gasteiger partial charge is 0.122 e. The highest BCUT2D eigenvalue weighted by Gasteiger charge is 2.28. The van der Waals surface area contributed by atoms with Gasteiger partial charge in [0.15, 0.2) is 0 Å². The Morgan fingerprint density at radius 3 is 2.72 bits per heavy atom. The molecular formula is C15H24N2O. The molecule has 0 aliphatic heterocycles. The molecule has 100 valence electrons. The molecule has 3 N–H and O–H groups in total. The molecule has 1 saturated carbocycles. The second-order valence-corrected chi connectivity index (χ2v) is 5.58. The number of methoxy groups -OCH3 is 1. The van der Waals surface area contributed by atoms with Crippen LogP contribution in [0.4, 0.5) is 0 Å². The minimum absolute atomic E-state index is 0.0444. The zero-order valence-corrected chi connectivity index (χ0v) is 11.4. The van der Waals surface area contributed by atoms with E-state index in [-0.39, 0.29) is 5.54 Å². The minimum atomic E-state index is -0.0444. The molecule has 0 saturated heterocycles. The van der Waals surface area contributed by atoms with E-state index in [1.807, 2.05) is 12.1 Å². The Morgan fingerprint density at radius 1 is 1.39 bits per heavy atom. The van der Waals surface area contributed by atoms with Crippen molar-refractivity contribution in [3.8, 4) is 5.75 Å². The van der Waals surface area contributed by atoms with Gasteiger partial charge >= 0.3 is 0 Å². The average Bonchev–Trinajstić information content (AvgIpc) is 3.21. The monoisotopic (exact) mass is 248 g/mol. The van der Waals surface area contributed by atoms with Crippen molar-refractivity contribution in [1.82, 2.24) is 5.32 Å². The van der Waals surface area contributed by atoms with Crippen LogP contribution in [0.1, 0.15) is 25.3 Å². The molecule has 1 unspecified atom stereocenters. The number of hydrogen-bond acceptors (Lipinski definition) is 3. The Morgan fingerprint density at radius 2 is 2.11 bits per heavy atom. The summed E-state index contributed by atoms with van der Waals surface area (Å²) in [6, 6.07) is 8.17. The summed E-state index contributed by atoms with van der Waals surface area (Å²) in [6.07, 6.45) is 3.63. The van der Waals surface area contributed by atoms with Crippen molar-refractivity contribution in [2.24, 2.45) is 11.7 Å². The molecule has 3 heteroatoms. The topological polar surface area (TPSA) is 47.3 Å². The maximum absolute atomic E-state index is 5.95. The van der Waals surface area contributed by atoms with Gasteiger partial charge in [-0.25, -0.2) is 0 Å². The Hall–Kier alpha value is -1.06. The van der Waals surface area contributed by atoms with Crippen LogP contribution in [0.25, 0.3) is 0 Å². The predicted octanol–water partition coefficient (Wildman–Crippen LogP) is 1.95. The van der Waals surface area contributed by atoms with Gasteiger partial charge in [-0.3, -0.25) is 0 Å². The second-order valence-electron chi connectivity index (χ2n) is 5.58. The van der Waals surface area contributed by atoms with E-state index in [1.165, 1.54) is 18.4 Å². The first-order valence-corrected chi connectivity index (χ1v) is 6.74. The molecule has 1 atom stereocenters. The molecule has 1 aromatic rings. The van der Waals surface area contributed by atoms with Gasteiger partial charge < -0.3 is 15.8 Å². The summed E-state index contributed by atoms with van der Waals surface area (Å²) in [5.74, 6) is 1.82. The first kappa shape index (κ1) is 13.4. The minimum Gasteiger partial charge on any atom is -0.496 e. The first-order chi connectivity index (χ1) is 8.67. The van der Waals surface area contributed by atoms with Gasteiger partial charge in [0.25, 0.3) is 0 Å². The van der Waals surface area contributed by atoms with Crippen molar-refractivity contribution in [2.75, 3.05) is 20.2 Å². The standard InChI is InChI=1S/C15H24N2O/c1-15(11-16,17-10-12-7-8-12)9-13-5-3-4-6-14(13)18-2/h3-6,12,17H,7-11,16H2,1-2H3. The third kappa shape index (κ3) is 3.47. The fourth-order valence-electron chi connectivity index (χ4n) is 2.19. The highest BCUT2D eigenvalue weighted by Crippen LogP contribution is 2.29. The molecule has 0 amide bonds. The zero-order valence-electron chi connectivity index (χ0n) is 11.4. The van der Waals surface area contributed by atoms with E-state index in [0.29, 0.717) is 6.54 Å². The van der Waals surface area contributed by atoms with Crippen molar-refractivity contribution < 1.29 is 4.74 Å². The quantitative estimate of drug-likeness (QED) is 0.775. The van der Waals surface area contributed by atoms with E-state index in [0.717, 1.165) is 24.6 Å². The van der Waals surface area contributed by atoms with Crippen molar-refractivity contribution in [3.05, 3.63) is 29.8 Å². The SMILES string of the molecule is COc1ccccc1CC(C)(CN)NCC1CC1. The maximum Gasteiger partial charge on any atom is 0.122 e. The van der Waals surface area contributed by atoms with Crippen LogP contribution >= 0.6 is 0 Å². The average molecular weight is 248 g/mol. The summed E-state index contributed by atoms with van der Waals surface area (Å²) in [6.45, 7) is 3.92. The van der Waals surface area contributed by atoms with E-state index in [1.54, 1.807) is 7.11 Å². The molecule has 0 spiro atoms. The molecular weight excluding hydrogens is 224 g/mol. The first-order valence-electron chi connectivity index (χ1n) is 6.74. The van der Waals surface area contributed by atoms with Crippen molar-refractivity contribution in [1.29, 1.82) is 0 Å². The van der Waals surface area contributed by atoms with E-state index < -0.39 is 0 Å². The molecule has 2 rings (SSSR count). The third-order valence-electron chi connectivity index (χ3n) is 3.74. The largest absolute Gasteiger partial charge is 0.496 e. The fraction of sp³-hybridized carbons (Fsp3) is 0.600. The van der Waals surface area contributed by atoms with Crippen LogP contribution < -0.4 is 15.8 Å². The summed E-state index contributed by atoms with van der Waals surface area (Å²) in [4.78, 5) is 0. The second kappa shape index (κ2) is 5.72. The van der Waals surface area contributed by atoms with Gasteiger partial charge in [0.05, 0.1) is 7.11 Å². The highest BCUT2D eigenvalue weighted by atomic mass is 16.5. The van der Waals surface area contributed by atoms with Crippen LogP contribution in [-0.4, -0.2) is 25.7 Å². The van der Waals surface area contributed by atoms with Crippen LogP contribution in [0.2, 0.25) is 0 Å². The molecule has 0 radical (unpaired) electrons. The number of rotatable bonds is 7. The molecule has 1 aromatic carbocycles. The van der Waals surface area contributed by atoms with Gasteiger partial charge in [-0.05, 0) is 50.3 Å². The van der Waals surface area contributed by atoms with Crippen molar-refractivity contribution >= 4 is 0 Å². The van der Waals surface area contributed by atoms with E-state index in [2.05, 4.69) is 24.4 Å². The molecule has 1 fully saturated rings. The summed E-state index contributed by atoms with van der Waals surface area (Å²) >= 11 is 0. The van der Waals surface area contributed by atoms with Crippen molar-refractivity contribution in [2.45, 2.75) is 31.7 Å². The number of benzene rings is 1. The van der Waals surface area contributed by atoms with Gasteiger partial charge in [-0.1, -0.05) is 18.2 Å². The summed E-state index contributed by atoms with van der Waals surface area (Å²) in [7, 11) is 1.72. The van der Waals surface area contributed by atoms with Gasteiger partial charge in [0, 0.05) is 12.1 Å². The molecule has 0 heterocycles. The Kier molecular flexibility index (Phi) is 4.25. The number of hydrogen-bond donors (Lipinski definition) is 2. The van der Waals surface area contributed by atoms with Crippen LogP contribution in [0.15, 0.2) is 24.3 Å². The molecule has 3 nitrogen and oxygen atoms in total. The van der Waals surface area contributed by atoms with Crippen LogP contribution in [0, 0.1) is 5.92 Å². The third-order valence-corrected chi connectivity index (χ3v) is 3.74. The number of para-hydroxylation sites is 1. The molecule has 1 aliphatic rings. The maximum atomic E-state index is 5.95. The lowest BCUT2D eigenvalue weighted by molar-refractivity contribution is 0.345. The number of ether oxygens (including phenoxy) is 1. The Labute approximate surface area is 110 Å². The fourth-order valence-corrected chi connectivity index (χ4v) is 2.19. The highest BCUT2D eigenvalue weighted by molar-refractivity contribution is 5.34. The van der Waals surface area contributed by atoms with Crippen LogP contribution in [-0.2, 0) is 6.42 Å². The van der Waals surface area contributed by atoms with E-state index >= 15 is 0 Å². The normalized spacial score (nSPS) is 18.4. The van der Waals surface area contributed by atoms with Gasteiger partial charge in [-0.15, -0.1) is 0 Å².